The Labute approximate surface area is 125 Å². The van der Waals surface area contributed by atoms with Crippen LogP contribution in [0.1, 0.15) is 32.1 Å². The molecule has 0 aliphatic heterocycles. The van der Waals surface area contributed by atoms with Crippen molar-refractivity contribution in [1.82, 2.24) is 15.3 Å². The van der Waals surface area contributed by atoms with Crippen molar-refractivity contribution in [3.63, 3.8) is 0 Å². The topological polar surface area (TPSA) is 92.2 Å². The molecule has 0 fully saturated rings. The fourth-order valence-electron chi connectivity index (χ4n) is 1.63. The van der Waals surface area contributed by atoms with Gasteiger partial charge in [0, 0.05) is 24.6 Å². The number of pyridine rings is 2. The number of nitrogens with zero attached hydrogens (tertiary/aromatic N) is 2. The highest BCUT2D eigenvalue weighted by Gasteiger charge is 2.11. The number of carbonyl (C=O) groups excluding carboxylic acids is 1. The first-order chi connectivity index (χ1) is 9.97. The van der Waals surface area contributed by atoms with Crippen LogP contribution in [0.2, 0.25) is 5.02 Å². The Hall–Kier alpha value is -2.47. The summed E-state index contributed by atoms with van der Waals surface area (Å²) < 4.78 is 0. The molecule has 21 heavy (non-hydrogen) atoms. The molecule has 0 spiro atoms. The summed E-state index contributed by atoms with van der Waals surface area (Å²) in [5, 5.41) is 11.7. The van der Waals surface area contributed by atoms with Crippen LogP contribution in [0, 0.1) is 6.92 Å². The summed E-state index contributed by atoms with van der Waals surface area (Å²) in [7, 11) is 0. The Kier molecular flexibility index (Phi) is 4.49. The molecule has 2 aromatic rings. The van der Waals surface area contributed by atoms with Gasteiger partial charge in [-0.2, -0.15) is 0 Å². The molecule has 2 N–H and O–H groups in total. The van der Waals surface area contributed by atoms with E-state index < -0.39 is 5.97 Å². The van der Waals surface area contributed by atoms with Gasteiger partial charge in [-0.3, -0.25) is 9.78 Å². The lowest BCUT2D eigenvalue weighted by Crippen LogP contribution is -2.23. The number of carbonyl (C=O) groups is 2. The van der Waals surface area contributed by atoms with E-state index in [0.717, 1.165) is 5.69 Å². The summed E-state index contributed by atoms with van der Waals surface area (Å²) in [6, 6.07) is 4.58. The van der Waals surface area contributed by atoms with Crippen molar-refractivity contribution >= 4 is 23.5 Å². The molecular formula is C14H12ClN3O3. The molecule has 2 heterocycles. The quantitative estimate of drug-likeness (QED) is 0.902. The van der Waals surface area contributed by atoms with Gasteiger partial charge in [0.15, 0.2) is 0 Å². The summed E-state index contributed by atoms with van der Waals surface area (Å²) in [5.41, 5.74) is 1.66. The standard InChI is InChI=1S/C14H12ClN3O3/c1-8-4-11(15)10(7-16-8)13(19)18-6-9-2-3-12(14(20)21)17-5-9/h2-5,7H,6H2,1H3,(H,18,19)(H,20,21). The second kappa shape index (κ2) is 6.32. The summed E-state index contributed by atoms with van der Waals surface area (Å²) in [6.07, 6.45) is 2.82. The van der Waals surface area contributed by atoms with E-state index in [4.69, 9.17) is 16.7 Å². The first kappa shape index (κ1) is 14.9. The fraction of sp³-hybridized carbons (Fsp3) is 0.143. The molecule has 0 aliphatic rings. The smallest absolute Gasteiger partial charge is 0.354 e. The number of rotatable bonds is 4. The van der Waals surface area contributed by atoms with Crippen molar-refractivity contribution in [2.45, 2.75) is 13.5 Å². The van der Waals surface area contributed by atoms with Crippen LogP contribution in [0.5, 0.6) is 0 Å². The van der Waals surface area contributed by atoms with E-state index in [1.807, 2.05) is 0 Å². The highest BCUT2D eigenvalue weighted by atomic mass is 35.5. The molecule has 0 aromatic carbocycles. The molecule has 0 bridgehead atoms. The van der Waals surface area contributed by atoms with Crippen molar-refractivity contribution in [3.05, 3.63) is 58.1 Å². The Bertz CT molecular complexity index is 686. The zero-order chi connectivity index (χ0) is 15.4. The van der Waals surface area contributed by atoms with Crippen molar-refractivity contribution in [2.75, 3.05) is 0 Å². The molecule has 0 saturated heterocycles. The van der Waals surface area contributed by atoms with Gasteiger partial charge in [-0.15, -0.1) is 0 Å². The molecule has 0 saturated carbocycles. The third-order valence-corrected chi connectivity index (χ3v) is 3.04. The Morgan fingerprint density at radius 3 is 2.62 bits per heavy atom. The monoisotopic (exact) mass is 305 g/mol. The molecule has 2 rings (SSSR count). The lowest BCUT2D eigenvalue weighted by molar-refractivity contribution is 0.0690. The van der Waals surface area contributed by atoms with Crippen LogP contribution in [-0.2, 0) is 6.54 Å². The van der Waals surface area contributed by atoms with E-state index in [1.54, 1.807) is 19.1 Å². The van der Waals surface area contributed by atoms with Gasteiger partial charge in [-0.05, 0) is 24.6 Å². The van der Waals surface area contributed by atoms with E-state index in [-0.39, 0.29) is 23.7 Å². The van der Waals surface area contributed by atoms with Gasteiger partial charge >= 0.3 is 5.97 Å². The van der Waals surface area contributed by atoms with Crippen LogP contribution < -0.4 is 5.32 Å². The zero-order valence-electron chi connectivity index (χ0n) is 11.1. The second-order valence-electron chi connectivity index (χ2n) is 4.35. The van der Waals surface area contributed by atoms with Crippen LogP contribution in [0.15, 0.2) is 30.6 Å². The Balaban J connectivity index is 2.02. The highest BCUT2D eigenvalue weighted by Crippen LogP contribution is 2.15. The number of carboxylic acids is 1. The molecule has 6 nitrogen and oxygen atoms in total. The normalized spacial score (nSPS) is 10.2. The van der Waals surface area contributed by atoms with Crippen LogP contribution in [0.3, 0.4) is 0 Å². The predicted octanol–water partition coefficient (Wildman–Crippen LogP) is 2.07. The van der Waals surface area contributed by atoms with Gasteiger partial charge in [-0.1, -0.05) is 17.7 Å². The van der Waals surface area contributed by atoms with Gasteiger partial charge in [0.05, 0.1) is 10.6 Å². The number of halogens is 1. The molecular weight excluding hydrogens is 294 g/mol. The molecule has 7 heteroatoms. The first-order valence-electron chi connectivity index (χ1n) is 6.06. The maximum absolute atomic E-state index is 12.0. The van der Waals surface area contributed by atoms with Crippen molar-refractivity contribution < 1.29 is 14.7 Å². The predicted molar refractivity (Wildman–Crippen MR) is 76.4 cm³/mol. The molecule has 1 amide bonds. The number of aromatic carboxylic acids is 1. The lowest BCUT2D eigenvalue weighted by atomic mass is 10.2. The maximum atomic E-state index is 12.0. The molecule has 0 unspecified atom stereocenters. The van der Waals surface area contributed by atoms with Gasteiger partial charge in [0.25, 0.3) is 5.91 Å². The maximum Gasteiger partial charge on any atom is 0.354 e. The van der Waals surface area contributed by atoms with Crippen molar-refractivity contribution in [3.8, 4) is 0 Å². The third kappa shape index (κ3) is 3.76. The van der Waals surface area contributed by atoms with Crippen LogP contribution in [0.4, 0.5) is 0 Å². The van der Waals surface area contributed by atoms with Crippen LogP contribution >= 0.6 is 11.6 Å². The van der Waals surface area contributed by atoms with E-state index in [1.165, 1.54) is 18.5 Å². The van der Waals surface area contributed by atoms with Gasteiger partial charge in [0.2, 0.25) is 0 Å². The summed E-state index contributed by atoms with van der Waals surface area (Å²) >= 11 is 5.98. The largest absolute Gasteiger partial charge is 0.477 e. The average Bonchev–Trinajstić information content (AvgIpc) is 2.45. The van der Waals surface area contributed by atoms with Crippen molar-refractivity contribution in [2.24, 2.45) is 0 Å². The summed E-state index contributed by atoms with van der Waals surface area (Å²) in [4.78, 5) is 30.4. The third-order valence-electron chi connectivity index (χ3n) is 2.73. The fourth-order valence-corrected chi connectivity index (χ4v) is 1.92. The SMILES string of the molecule is Cc1cc(Cl)c(C(=O)NCc2ccc(C(=O)O)nc2)cn1. The molecule has 2 aromatic heterocycles. The van der Waals surface area contributed by atoms with Gasteiger partial charge in [0.1, 0.15) is 5.69 Å². The summed E-state index contributed by atoms with van der Waals surface area (Å²) in [6.45, 7) is 2.00. The number of hydrogen-bond donors (Lipinski definition) is 2. The van der Waals surface area contributed by atoms with E-state index >= 15 is 0 Å². The molecule has 0 aliphatic carbocycles. The number of amides is 1. The molecule has 108 valence electrons. The van der Waals surface area contributed by atoms with E-state index in [2.05, 4.69) is 15.3 Å². The van der Waals surface area contributed by atoms with Crippen LogP contribution in [0.25, 0.3) is 0 Å². The van der Waals surface area contributed by atoms with Crippen LogP contribution in [-0.4, -0.2) is 27.0 Å². The van der Waals surface area contributed by atoms with E-state index in [0.29, 0.717) is 10.6 Å². The number of aryl methyl sites for hydroxylation is 1. The lowest BCUT2D eigenvalue weighted by Gasteiger charge is -2.07. The van der Waals surface area contributed by atoms with E-state index in [9.17, 15) is 9.59 Å². The number of nitrogens with one attached hydrogen (secondary N) is 1. The Morgan fingerprint density at radius 1 is 1.29 bits per heavy atom. The van der Waals surface area contributed by atoms with Crippen molar-refractivity contribution in [1.29, 1.82) is 0 Å². The second-order valence-corrected chi connectivity index (χ2v) is 4.75. The summed E-state index contributed by atoms with van der Waals surface area (Å²) in [5.74, 6) is -1.45. The highest BCUT2D eigenvalue weighted by molar-refractivity contribution is 6.33. The van der Waals surface area contributed by atoms with Gasteiger partial charge < -0.3 is 10.4 Å². The minimum absolute atomic E-state index is 0.0455. The molecule has 0 atom stereocenters. The minimum Gasteiger partial charge on any atom is -0.477 e. The average molecular weight is 306 g/mol. The van der Waals surface area contributed by atoms with Gasteiger partial charge in [-0.25, -0.2) is 9.78 Å². The zero-order valence-corrected chi connectivity index (χ0v) is 11.9. The minimum atomic E-state index is -1.09. The number of hydrogen-bond acceptors (Lipinski definition) is 4. The number of aromatic nitrogens is 2. The first-order valence-corrected chi connectivity index (χ1v) is 6.43. The number of carboxylic acid groups (broad SMARTS) is 1. The Morgan fingerprint density at radius 2 is 2.05 bits per heavy atom. The molecule has 0 radical (unpaired) electrons.